The molecule has 2 saturated heterocycles. The highest BCUT2D eigenvalue weighted by Gasteiger charge is 2.44. The number of ketones is 2. The molecule has 2 fully saturated rings. The average molecular weight is 632 g/mol. The number of hydrogen-bond acceptors (Lipinski definition) is 9. The maximum Gasteiger partial charge on any atom is 0.261 e. The molecule has 3 unspecified atom stereocenters. The topological polar surface area (TPSA) is 145 Å². The van der Waals surface area contributed by atoms with Gasteiger partial charge in [0.25, 0.3) is 11.8 Å². The third-order valence-electron chi connectivity index (χ3n) is 9.70. The lowest BCUT2D eigenvalue weighted by atomic mass is 9.87. The molecule has 0 saturated carbocycles. The third kappa shape index (κ3) is 5.47. The van der Waals surface area contributed by atoms with Crippen molar-refractivity contribution in [1.82, 2.24) is 25.3 Å². The SMILES string of the molecule is O=C1CCC(N2CC3=C(C2=O)C(F)=CC(CN2CCN(CCNC(=O)C4CC5=C(O4)C(=O)c4ccccc4C5=O)CC2)C3)C(=O)N1. The Bertz CT molecular complexity index is 1610. The first-order chi connectivity index (χ1) is 22.2. The fraction of sp³-hybridized carbons (Fsp3) is 0.455. The summed E-state index contributed by atoms with van der Waals surface area (Å²) in [6.45, 7) is 4.90. The van der Waals surface area contributed by atoms with Gasteiger partial charge in [0.05, 0.1) is 11.1 Å². The standard InChI is InChI=1S/C33H34FN5O7/c34-23-14-18(13-19-17-39(33(45)27(19)23)24-5-6-26(40)36-31(24)43)16-38-11-9-37(10-12-38)8-7-35-32(44)25-15-22-28(41)20-3-1-2-4-21(20)29(42)30(22)46-25/h1-4,14,18,24-25H,5-13,15-17H2,(H,35,44)(H,36,40,43). The normalized spacial score (nSPS) is 26.9. The van der Waals surface area contributed by atoms with E-state index in [2.05, 4.69) is 20.4 Å². The highest BCUT2D eigenvalue weighted by Crippen LogP contribution is 2.38. The Morgan fingerprint density at radius 3 is 2.43 bits per heavy atom. The number of benzene rings is 1. The third-order valence-corrected chi connectivity index (χ3v) is 9.70. The Hall–Kier alpha value is -4.49. The molecule has 0 bridgehead atoms. The molecule has 2 aliphatic carbocycles. The van der Waals surface area contributed by atoms with Crippen molar-refractivity contribution in [2.45, 2.75) is 37.8 Å². The zero-order valence-corrected chi connectivity index (χ0v) is 25.2. The summed E-state index contributed by atoms with van der Waals surface area (Å²) < 4.78 is 20.8. The first-order valence-electron chi connectivity index (χ1n) is 15.7. The zero-order chi connectivity index (χ0) is 32.1. The lowest BCUT2D eigenvalue weighted by Crippen LogP contribution is -2.53. The summed E-state index contributed by atoms with van der Waals surface area (Å²) >= 11 is 0. The summed E-state index contributed by atoms with van der Waals surface area (Å²) in [6.07, 6.45) is 1.59. The number of amides is 4. The summed E-state index contributed by atoms with van der Waals surface area (Å²) in [6, 6.07) is 5.82. The molecule has 2 N–H and O–H groups in total. The second-order valence-corrected chi connectivity index (χ2v) is 12.6. The summed E-state index contributed by atoms with van der Waals surface area (Å²) in [5, 5.41) is 5.15. The minimum absolute atomic E-state index is 0.0219. The predicted molar refractivity (Wildman–Crippen MR) is 160 cm³/mol. The number of hydrogen-bond donors (Lipinski definition) is 2. The van der Waals surface area contributed by atoms with Crippen molar-refractivity contribution in [3.63, 3.8) is 0 Å². The van der Waals surface area contributed by atoms with Crippen molar-refractivity contribution in [1.29, 1.82) is 0 Å². The van der Waals surface area contributed by atoms with Gasteiger partial charge < -0.3 is 19.9 Å². The molecule has 0 aromatic heterocycles. The molecule has 1 aromatic rings. The van der Waals surface area contributed by atoms with E-state index in [1.165, 1.54) is 11.0 Å². The molecule has 240 valence electrons. The van der Waals surface area contributed by atoms with Gasteiger partial charge in [-0.05, 0) is 30.4 Å². The van der Waals surface area contributed by atoms with Gasteiger partial charge in [0.15, 0.2) is 17.6 Å². The Morgan fingerprint density at radius 1 is 0.978 bits per heavy atom. The van der Waals surface area contributed by atoms with Gasteiger partial charge in [-0.1, -0.05) is 24.3 Å². The Labute approximate surface area is 264 Å². The quantitative estimate of drug-likeness (QED) is 0.415. The van der Waals surface area contributed by atoms with E-state index in [0.717, 1.165) is 26.2 Å². The smallest absolute Gasteiger partial charge is 0.261 e. The van der Waals surface area contributed by atoms with Crippen LogP contribution in [0.1, 0.15) is 46.4 Å². The van der Waals surface area contributed by atoms with Crippen LogP contribution in [0.25, 0.3) is 0 Å². The van der Waals surface area contributed by atoms with E-state index >= 15 is 4.39 Å². The van der Waals surface area contributed by atoms with Crippen molar-refractivity contribution in [2.75, 3.05) is 52.4 Å². The Balaban J connectivity index is 0.842. The number of ether oxygens (including phenoxy) is 1. The summed E-state index contributed by atoms with van der Waals surface area (Å²) in [5.74, 6) is -3.02. The molecule has 0 radical (unpaired) electrons. The lowest BCUT2D eigenvalue weighted by Gasteiger charge is -2.36. The van der Waals surface area contributed by atoms with Crippen molar-refractivity contribution >= 4 is 35.2 Å². The highest BCUT2D eigenvalue weighted by atomic mass is 19.1. The van der Waals surface area contributed by atoms with Crippen LogP contribution in [-0.2, 0) is 23.9 Å². The summed E-state index contributed by atoms with van der Waals surface area (Å²) in [4.78, 5) is 81.2. The van der Waals surface area contributed by atoms with Gasteiger partial charge in [-0.2, -0.15) is 0 Å². The number of Topliss-reactive ketones (excluding diaryl/α,β-unsaturated/α-hetero) is 2. The molecule has 3 atom stereocenters. The summed E-state index contributed by atoms with van der Waals surface area (Å²) in [7, 11) is 0. The molecular formula is C33H34FN5O7. The van der Waals surface area contributed by atoms with Gasteiger partial charge in [0.2, 0.25) is 17.6 Å². The molecule has 0 spiro atoms. The van der Waals surface area contributed by atoms with Crippen LogP contribution in [0.5, 0.6) is 0 Å². The van der Waals surface area contributed by atoms with Crippen molar-refractivity contribution in [3.05, 3.63) is 69.8 Å². The maximum absolute atomic E-state index is 15.2. The molecule has 4 amide bonds. The Kier molecular flexibility index (Phi) is 7.89. The number of carbonyl (C=O) groups excluding carboxylic acids is 6. The van der Waals surface area contributed by atoms with E-state index in [1.54, 1.807) is 24.3 Å². The van der Waals surface area contributed by atoms with E-state index < -0.39 is 29.8 Å². The first-order valence-corrected chi connectivity index (χ1v) is 15.7. The lowest BCUT2D eigenvalue weighted by molar-refractivity contribution is -0.142. The number of nitrogens with zero attached hydrogens (tertiary/aromatic N) is 3. The molecule has 7 rings (SSSR count). The highest BCUT2D eigenvalue weighted by molar-refractivity contribution is 6.26. The number of piperidine rings is 1. The summed E-state index contributed by atoms with van der Waals surface area (Å²) in [5.41, 5.74) is 1.66. The minimum atomic E-state index is -0.921. The van der Waals surface area contributed by atoms with Gasteiger partial charge >= 0.3 is 0 Å². The van der Waals surface area contributed by atoms with Gasteiger partial charge in [0, 0.05) is 76.3 Å². The van der Waals surface area contributed by atoms with E-state index in [-0.39, 0.29) is 72.0 Å². The van der Waals surface area contributed by atoms with Crippen molar-refractivity contribution < 1.29 is 37.9 Å². The number of nitrogens with one attached hydrogen (secondary N) is 2. The van der Waals surface area contributed by atoms with Crippen molar-refractivity contribution in [2.24, 2.45) is 5.92 Å². The Morgan fingerprint density at radius 2 is 1.70 bits per heavy atom. The van der Waals surface area contributed by atoms with Crippen LogP contribution in [0.15, 0.2) is 58.6 Å². The number of rotatable bonds is 7. The van der Waals surface area contributed by atoms with E-state index in [9.17, 15) is 28.8 Å². The van der Waals surface area contributed by atoms with Crippen LogP contribution in [-0.4, -0.2) is 114 Å². The maximum atomic E-state index is 15.2. The molecule has 4 aliphatic heterocycles. The molecule has 6 aliphatic rings. The molecule has 4 heterocycles. The average Bonchev–Trinajstić information content (AvgIpc) is 3.63. The molecular weight excluding hydrogens is 597 g/mol. The fourth-order valence-corrected chi connectivity index (χ4v) is 7.31. The van der Waals surface area contributed by atoms with E-state index in [4.69, 9.17) is 4.74 Å². The second-order valence-electron chi connectivity index (χ2n) is 12.6. The number of imide groups is 1. The van der Waals surface area contributed by atoms with E-state index in [1.807, 2.05) is 0 Å². The van der Waals surface area contributed by atoms with Crippen LogP contribution >= 0.6 is 0 Å². The molecule has 46 heavy (non-hydrogen) atoms. The predicted octanol–water partition coefficient (Wildman–Crippen LogP) is 0.660. The first kappa shape index (κ1) is 30.2. The van der Waals surface area contributed by atoms with Crippen LogP contribution in [0.2, 0.25) is 0 Å². The van der Waals surface area contributed by atoms with Crippen LogP contribution in [0, 0.1) is 5.92 Å². The van der Waals surface area contributed by atoms with E-state index in [0.29, 0.717) is 42.8 Å². The minimum Gasteiger partial charge on any atom is -0.476 e. The monoisotopic (exact) mass is 631 g/mol. The van der Waals surface area contributed by atoms with Crippen LogP contribution in [0.3, 0.4) is 0 Å². The molecule has 12 nitrogen and oxygen atoms in total. The van der Waals surface area contributed by atoms with Crippen LogP contribution in [0.4, 0.5) is 4.39 Å². The van der Waals surface area contributed by atoms with Gasteiger partial charge in [-0.15, -0.1) is 0 Å². The number of halogens is 1. The number of carbonyl (C=O) groups is 6. The van der Waals surface area contributed by atoms with Crippen LogP contribution < -0.4 is 10.6 Å². The van der Waals surface area contributed by atoms with Gasteiger partial charge in [0.1, 0.15) is 11.9 Å². The molecule has 13 heteroatoms. The number of piperazine rings is 1. The largest absolute Gasteiger partial charge is 0.476 e. The fourth-order valence-electron chi connectivity index (χ4n) is 7.31. The van der Waals surface area contributed by atoms with Gasteiger partial charge in [-0.25, -0.2) is 4.39 Å². The number of allylic oxidation sites excluding steroid dienone is 1. The second kappa shape index (κ2) is 12.0. The zero-order valence-electron chi connectivity index (χ0n) is 25.2. The van der Waals surface area contributed by atoms with Gasteiger partial charge in [-0.3, -0.25) is 39.0 Å². The molecule has 1 aromatic carbocycles. The number of fused-ring (bicyclic) bond motifs is 1. The van der Waals surface area contributed by atoms with Crippen molar-refractivity contribution in [3.8, 4) is 0 Å².